The Hall–Kier alpha value is -2.67. The molecule has 0 saturated heterocycles. The van der Waals surface area contributed by atoms with Gasteiger partial charge < -0.3 is 20.4 Å². The molecule has 0 fully saturated rings. The first-order valence-electron chi connectivity index (χ1n) is 9.42. The minimum Gasteiger partial charge on any atom is -0.372 e. The number of nitrogens with zero attached hydrogens (tertiary/aromatic N) is 4. The first kappa shape index (κ1) is 20.6. The van der Waals surface area contributed by atoms with Gasteiger partial charge in [-0.05, 0) is 77.3 Å². The Kier molecular flexibility index (Phi) is 8.00. The Balaban J connectivity index is 1.88. The molecule has 2 aromatic rings. The van der Waals surface area contributed by atoms with Crippen LogP contribution in [0.25, 0.3) is 0 Å². The second-order valence-corrected chi connectivity index (χ2v) is 6.56. The molecule has 1 aromatic heterocycles. The van der Waals surface area contributed by atoms with E-state index in [-0.39, 0.29) is 5.91 Å². The third kappa shape index (κ3) is 6.53. The molecule has 1 aromatic carbocycles. The predicted molar refractivity (Wildman–Crippen MR) is 111 cm³/mol. The molecule has 0 saturated carbocycles. The summed E-state index contributed by atoms with van der Waals surface area (Å²) < 4.78 is 0. The summed E-state index contributed by atoms with van der Waals surface area (Å²) in [6.45, 7) is 7.80. The van der Waals surface area contributed by atoms with E-state index in [0.29, 0.717) is 18.1 Å². The molecule has 1 amide bonds. The van der Waals surface area contributed by atoms with Crippen LogP contribution in [0.2, 0.25) is 0 Å². The zero-order valence-corrected chi connectivity index (χ0v) is 16.7. The Morgan fingerprint density at radius 2 is 1.70 bits per heavy atom. The number of carbonyl (C=O) groups excluding carboxylic acids is 1. The molecule has 7 nitrogen and oxygen atoms in total. The lowest BCUT2D eigenvalue weighted by atomic mass is 10.2. The van der Waals surface area contributed by atoms with Crippen molar-refractivity contribution in [3.63, 3.8) is 0 Å². The van der Waals surface area contributed by atoms with Gasteiger partial charge in [-0.3, -0.25) is 4.79 Å². The van der Waals surface area contributed by atoms with Crippen LogP contribution in [0, 0.1) is 0 Å². The summed E-state index contributed by atoms with van der Waals surface area (Å²) in [5.74, 6) is 0.408. The predicted octanol–water partition coefficient (Wildman–Crippen LogP) is 2.75. The standard InChI is InChI=1S/C20H30N6O/c1-5-26(6-2)17-10-8-16(9-11-17)22-19-13-12-18(23-24-19)20(27)21-14-7-15-25(3)4/h8-13H,5-7,14-15H2,1-4H3,(H,21,27)(H,22,24). The van der Waals surface area contributed by atoms with Crippen molar-refractivity contribution in [2.24, 2.45) is 0 Å². The molecule has 0 atom stereocenters. The monoisotopic (exact) mass is 370 g/mol. The molecule has 1 heterocycles. The Bertz CT molecular complexity index is 695. The van der Waals surface area contributed by atoms with Crippen LogP contribution in [0.5, 0.6) is 0 Å². The lowest BCUT2D eigenvalue weighted by Crippen LogP contribution is -2.28. The van der Waals surface area contributed by atoms with Crippen molar-refractivity contribution in [2.75, 3.05) is 50.5 Å². The maximum absolute atomic E-state index is 12.1. The fraction of sp³-hybridized carbons (Fsp3) is 0.450. The minimum atomic E-state index is -0.198. The third-order valence-electron chi connectivity index (χ3n) is 4.23. The summed E-state index contributed by atoms with van der Waals surface area (Å²) in [5.41, 5.74) is 2.45. The Labute approximate surface area is 161 Å². The molecule has 0 spiro atoms. The SMILES string of the molecule is CCN(CC)c1ccc(Nc2ccc(C(=O)NCCCN(C)C)nn2)cc1. The number of anilines is 3. The molecule has 0 aliphatic carbocycles. The fourth-order valence-corrected chi connectivity index (χ4v) is 2.70. The quantitative estimate of drug-likeness (QED) is 0.627. The number of benzene rings is 1. The lowest BCUT2D eigenvalue weighted by molar-refractivity contribution is 0.0946. The number of amides is 1. The fourth-order valence-electron chi connectivity index (χ4n) is 2.70. The summed E-state index contributed by atoms with van der Waals surface area (Å²) in [4.78, 5) is 16.4. The van der Waals surface area contributed by atoms with Crippen LogP contribution in [0.15, 0.2) is 36.4 Å². The Morgan fingerprint density at radius 1 is 1.00 bits per heavy atom. The molecule has 0 bridgehead atoms. The van der Waals surface area contributed by atoms with Crippen molar-refractivity contribution in [3.05, 3.63) is 42.1 Å². The summed E-state index contributed by atoms with van der Waals surface area (Å²) in [6.07, 6.45) is 0.898. The number of hydrogen-bond donors (Lipinski definition) is 2. The van der Waals surface area contributed by atoms with Crippen LogP contribution in [0.4, 0.5) is 17.2 Å². The van der Waals surface area contributed by atoms with Gasteiger partial charge in [0.1, 0.15) is 0 Å². The smallest absolute Gasteiger partial charge is 0.271 e. The molecule has 146 valence electrons. The van der Waals surface area contributed by atoms with Crippen LogP contribution >= 0.6 is 0 Å². The van der Waals surface area contributed by atoms with Crippen molar-refractivity contribution in [3.8, 4) is 0 Å². The van der Waals surface area contributed by atoms with E-state index in [1.807, 2.05) is 26.2 Å². The number of hydrogen-bond acceptors (Lipinski definition) is 6. The molecule has 0 unspecified atom stereocenters. The number of rotatable bonds is 10. The van der Waals surface area contributed by atoms with E-state index in [0.717, 1.165) is 31.7 Å². The van der Waals surface area contributed by atoms with Gasteiger partial charge in [-0.15, -0.1) is 10.2 Å². The maximum Gasteiger partial charge on any atom is 0.271 e. The summed E-state index contributed by atoms with van der Waals surface area (Å²) in [6, 6.07) is 11.6. The van der Waals surface area contributed by atoms with Gasteiger partial charge in [-0.2, -0.15) is 0 Å². The topological polar surface area (TPSA) is 73.4 Å². The van der Waals surface area contributed by atoms with Gasteiger partial charge in [0.05, 0.1) is 0 Å². The minimum absolute atomic E-state index is 0.198. The second kappa shape index (κ2) is 10.5. The molecule has 0 aliphatic heterocycles. The average molecular weight is 371 g/mol. The third-order valence-corrected chi connectivity index (χ3v) is 4.23. The van der Waals surface area contributed by atoms with Crippen molar-refractivity contribution in [2.45, 2.75) is 20.3 Å². The zero-order valence-electron chi connectivity index (χ0n) is 16.7. The van der Waals surface area contributed by atoms with E-state index in [4.69, 9.17) is 0 Å². The van der Waals surface area contributed by atoms with E-state index in [1.165, 1.54) is 5.69 Å². The van der Waals surface area contributed by atoms with Crippen molar-refractivity contribution in [1.82, 2.24) is 20.4 Å². The van der Waals surface area contributed by atoms with Gasteiger partial charge in [0, 0.05) is 31.0 Å². The van der Waals surface area contributed by atoms with Gasteiger partial charge in [0.15, 0.2) is 11.5 Å². The normalized spacial score (nSPS) is 10.7. The van der Waals surface area contributed by atoms with Gasteiger partial charge >= 0.3 is 0 Å². The molecule has 2 rings (SSSR count). The average Bonchev–Trinajstić information content (AvgIpc) is 2.68. The van der Waals surface area contributed by atoms with Crippen LogP contribution in [-0.2, 0) is 0 Å². The first-order valence-corrected chi connectivity index (χ1v) is 9.42. The molecule has 27 heavy (non-hydrogen) atoms. The van der Waals surface area contributed by atoms with Crippen LogP contribution < -0.4 is 15.5 Å². The van der Waals surface area contributed by atoms with Gasteiger partial charge in [0.2, 0.25) is 0 Å². The molecule has 2 N–H and O–H groups in total. The van der Waals surface area contributed by atoms with Gasteiger partial charge in [0.25, 0.3) is 5.91 Å². The van der Waals surface area contributed by atoms with E-state index in [2.05, 4.69) is 56.6 Å². The summed E-state index contributed by atoms with van der Waals surface area (Å²) in [5, 5.41) is 14.2. The summed E-state index contributed by atoms with van der Waals surface area (Å²) in [7, 11) is 4.02. The molecule has 0 radical (unpaired) electrons. The lowest BCUT2D eigenvalue weighted by Gasteiger charge is -2.21. The van der Waals surface area contributed by atoms with Crippen molar-refractivity contribution in [1.29, 1.82) is 0 Å². The van der Waals surface area contributed by atoms with Crippen LogP contribution in [0.3, 0.4) is 0 Å². The zero-order chi connectivity index (χ0) is 19.6. The number of nitrogens with one attached hydrogen (secondary N) is 2. The van der Waals surface area contributed by atoms with E-state index >= 15 is 0 Å². The van der Waals surface area contributed by atoms with E-state index < -0.39 is 0 Å². The Morgan fingerprint density at radius 3 is 2.26 bits per heavy atom. The highest BCUT2D eigenvalue weighted by atomic mass is 16.1. The first-order chi connectivity index (χ1) is 13.0. The highest BCUT2D eigenvalue weighted by molar-refractivity contribution is 5.92. The number of carbonyl (C=O) groups is 1. The van der Waals surface area contributed by atoms with E-state index in [1.54, 1.807) is 12.1 Å². The largest absolute Gasteiger partial charge is 0.372 e. The highest BCUT2D eigenvalue weighted by Gasteiger charge is 2.08. The van der Waals surface area contributed by atoms with Gasteiger partial charge in [-0.25, -0.2) is 0 Å². The number of aromatic nitrogens is 2. The summed E-state index contributed by atoms with van der Waals surface area (Å²) >= 11 is 0. The van der Waals surface area contributed by atoms with Gasteiger partial charge in [-0.1, -0.05) is 0 Å². The van der Waals surface area contributed by atoms with Crippen LogP contribution in [-0.4, -0.2) is 61.3 Å². The molecule has 0 aliphatic rings. The van der Waals surface area contributed by atoms with Crippen molar-refractivity contribution < 1.29 is 4.79 Å². The molecule has 7 heteroatoms. The van der Waals surface area contributed by atoms with Crippen molar-refractivity contribution >= 4 is 23.1 Å². The molecular weight excluding hydrogens is 340 g/mol. The van der Waals surface area contributed by atoms with Crippen LogP contribution in [0.1, 0.15) is 30.8 Å². The highest BCUT2D eigenvalue weighted by Crippen LogP contribution is 2.20. The molecular formula is C20H30N6O. The van der Waals surface area contributed by atoms with E-state index in [9.17, 15) is 4.79 Å². The second-order valence-electron chi connectivity index (χ2n) is 6.56. The maximum atomic E-state index is 12.1.